The van der Waals surface area contributed by atoms with Crippen LogP contribution in [0.5, 0.6) is 0 Å². The third kappa shape index (κ3) is 2.62. The summed E-state index contributed by atoms with van der Waals surface area (Å²) in [7, 11) is 0. The summed E-state index contributed by atoms with van der Waals surface area (Å²) in [5.41, 5.74) is 3.33. The van der Waals surface area contributed by atoms with Crippen molar-refractivity contribution in [2.75, 3.05) is 0 Å². The van der Waals surface area contributed by atoms with E-state index in [4.69, 9.17) is 4.74 Å². The summed E-state index contributed by atoms with van der Waals surface area (Å²) in [6.45, 7) is 6.10. The van der Waals surface area contributed by atoms with Crippen molar-refractivity contribution in [2.45, 2.75) is 58.7 Å². The fourth-order valence-corrected chi connectivity index (χ4v) is 2.34. The predicted molar refractivity (Wildman–Crippen MR) is 64.3 cm³/mol. The zero-order chi connectivity index (χ0) is 11.7. The van der Waals surface area contributed by atoms with Gasteiger partial charge in [-0.2, -0.15) is 0 Å². The van der Waals surface area contributed by atoms with Gasteiger partial charge in [-0.15, -0.1) is 0 Å². The smallest absolute Gasteiger partial charge is 0.162 e. The van der Waals surface area contributed by atoms with E-state index in [-0.39, 0.29) is 5.78 Å². The van der Waals surface area contributed by atoms with E-state index in [1.165, 1.54) is 5.57 Å². The zero-order valence-corrected chi connectivity index (χ0v) is 10.4. The normalized spacial score (nSPS) is 33.8. The van der Waals surface area contributed by atoms with E-state index in [1.54, 1.807) is 0 Å². The number of Topliss-reactive ketones (excluding diaryl/α,β-unsaturated/α-hetero) is 1. The maximum atomic E-state index is 12.1. The molecule has 1 aliphatic carbocycles. The number of hydrogen-bond donors (Lipinski definition) is 0. The van der Waals surface area contributed by atoms with E-state index in [2.05, 4.69) is 6.08 Å². The lowest BCUT2D eigenvalue weighted by molar-refractivity contribution is -0.115. The van der Waals surface area contributed by atoms with Crippen LogP contribution in [0.1, 0.15) is 46.5 Å². The summed E-state index contributed by atoms with van der Waals surface area (Å²) in [6, 6.07) is 0. The summed E-state index contributed by atoms with van der Waals surface area (Å²) in [6.07, 6.45) is 6.43. The Labute approximate surface area is 97.4 Å². The first-order valence-corrected chi connectivity index (χ1v) is 6.08. The quantitative estimate of drug-likeness (QED) is 0.356. The topological polar surface area (TPSA) is 29.6 Å². The molecule has 1 saturated heterocycles. The van der Waals surface area contributed by atoms with Crippen LogP contribution in [0, 0.1) is 0 Å². The first-order valence-electron chi connectivity index (χ1n) is 6.08. The lowest BCUT2D eigenvalue weighted by Crippen LogP contribution is -2.10. The molecule has 0 unspecified atom stereocenters. The standard InChI is InChI=1S/C14H20O2/c1-9(2)11-8-14-13(16-14)6-4-5-10(3)7-12(11)15/h5,13-14H,4,6-8H2,1-3H3/b10-5+/t13-,14+/m0/s1. The van der Waals surface area contributed by atoms with Crippen LogP contribution in [-0.4, -0.2) is 18.0 Å². The van der Waals surface area contributed by atoms with Gasteiger partial charge < -0.3 is 4.74 Å². The Kier molecular flexibility index (Phi) is 3.29. The molecule has 0 N–H and O–H groups in total. The molecule has 1 aliphatic heterocycles. The minimum absolute atomic E-state index is 0.282. The maximum absolute atomic E-state index is 12.1. The number of ether oxygens (including phenoxy) is 1. The summed E-state index contributed by atoms with van der Waals surface area (Å²) in [4.78, 5) is 12.1. The molecule has 88 valence electrons. The predicted octanol–water partition coefficient (Wildman–Crippen LogP) is 3.18. The number of rotatable bonds is 0. The van der Waals surface area contributed by atoms with Gasteiger partial charge >= 0.3 is 0 Å². The van der Waals surface area contributed by atoms with Crippen LogP contribution in [0.25, 0.3) is 0 Å². The highest BCUT2D eigenvalue weighted by atomic mass is 16.6. The van der Waals surface area contributed by atoms with Gasteiger partial charge in [-0.1, -0.05) is 17.2 Å². The van der Waals surface area contributed by atoms with Gasteiger partial charge in [-0.3, -0.25) is 4.79 Å². The van der Waals surface area contributed by atoms with E-state index >= 15 is 0 Å². The van der Waals surface area contributed by atoms with Gasteiger partial charge in [0.15, 0.2) is 5.78 Å². The first-order chi connectivity index (χ1) is 7.58. The van der Waals surface area contributed by atoms with Gasteiger partial charge in [0, 0.05) is 12.8 Å². The molecule has 2 atom stereocenters. The van der Waals surface area contributed by atoms with Crippen LogP contribution in [0.2, 0.25) is 0 Å². The third-order valence-electron chi connectivity index (χ3n) is 3.42. The molecule has 0 bridgehead atoms. The van der Waals surface area contributed by atoms with Crippen molar-refractivity contribution in [3.8, 4) is 0 Å². The second kappa shape index (κ2) is 4.54. The molecule has 0 radical (unpaired) electrons. The van der Waals surface area contributed by atoms with Crippen LogP contribution >= 0.6 is 0 Å². The van der Waals surface area contributed by atoms with Gasteiger partial charge in [0.1, 0.15) is 0 Å². The Bertz CT molecular complexity index is 359. The monoisotopic (exact) mass is 220 g/mol. The highest BCUT2D eigenvalue weighted by molar-refractivity contribution is 5.97. The van der Waals surface area contributed by atoms with Crippen LogP contribution < -0.4 is 0 Å². The lowest BCUT2D eigenvalue weighted by atomic mass is 9.93. The number of carbonyl (C=O) groups excluding carboxylic acids is 1. The van der Waals surface area contributed by atoms with E-state index in [1.807, 2.05) is 20.8 Å². The van der Waals surface area contributed by atoms with E-state index in [9.17, 15) is 4.79 Å². The highest BCUT2D eigenvalue weighted by Crippen LogP contribution is 2.34. The number of hydrogen-bond acceptors (Lipinski definition) is 2. The molecule has 0 saturated carbocycles. The largest absolute Gasteiger partial charge is 0.369 e. The molecule has 2 aliphatic rings. The highest BCUT2D eigenvalue weighted by Gasteiger charge is 2.39. The van der Waals surface area contributed by atoms with Crippen molar-refractivity contribution >= 4 is 5.78 Å². The number of fused-ring (bicyclic) bond motifs is 1. The van der Waals surface area contributed by atoms with Gasteiger partial charge in [0.05, 0.1) is 12.2 Å². The number of ketones is 1. The second-order valence-corrected chi connectivity index (χ2v) is 5.12. The van der Waals surface area contributed by atoms with Gasteiger partial charge in [-0.05, 0) is 39.2 Å². The molecule has 1 heterocycles. The zero-order valence-electron chi connectivity index (χ0n) is 10.4. The van der Waals surface area contributed by atoms with Crippen molar-refractivity contribution < 1.29 is 9.53 Å². The van der Waals surface area contributed by atoms with E-state index < -0.39 is 0 Å². The van der Waals surface area contributed by atoms with E-state index in [0.717, 1.165) is 30.4 Å². The first kappa shape index (κ1) is 11.6. The van der Waals surface area contributed by atoms with Gasteiger partial charge in [-0.25, -0.2) is 0 Å². The molecule has 2 nitrogen and oxygen atoms in total. The fourth-order valence-electron chi connectivity index (χ4n) is 2.34. The average Bonchev–Trinajstić information content (AvgIpc) is 2.92. The van der Waals surface area contributed by atoms with Crippen molar-refractivity contribution in [3.63, 3.8) is 0 Å². The summed E-state index contributed by atoms with van der Waals surface area (Å²) in [5.74, 6) is 0.282. The molecule has 0 aromatic carbocycles. The molecule has 0 amide bonds. The average molecular weight is 220 g/mol. The fraction of sp³-hybridized carbons (Fsp3) is 0.643. The molecular formula is C14H20O2. The molecule has 2 rings (SSSR count). The summed E-state index contributed by atoms with van der Waals surface area (Å²) in [5, 5.41) is 0. The van der Waals surface area contributed by atoms with Crippen LogP contribution in [-0.2, 0) is 9.53 Å². The van der Waals surface area contributed by atoms with Crippen molar-refractivity contribution in [1.82, 2.24) is 0 Å². The van der Waals surface area contributed by atoms with Crippen molar-refractivity contribution in [1.29, 1.82) is 0 Å². The minimum Gasteiger partial charge on any atom is -0.369 e. The Balaban J connectivity index is 2.20. The third-order valence-corrected chi connectivity index (χ3v) is 3.42. The number of carbonyl (C=O) groups is 1. The summed E-state index contributed by atoms with van der Waals surface area (Å²) >= 11 is 0. The molecule has 0 spiro atoms. The Morgan fingerprint density at radius 3 is 2.81 bits per heavy atom. The maximum Gasteiger partial charge on any atom is 0.162 e. The number of allylic oxidation sites excluding steroid dienone is 3. The second-order valence-electron chi connectivity index (χ2n) is 5.12. The van der Waals surface area contributed by atoms with Crippen LogP contribution in [0.3, 0.4) is 0 Å². The van der Waals surface area contributed by atoms with Gasteiger partial charge in [0.25, 0.3) is 0 Å². The molecular weight excluding hydrogens is 200 g/mol. The molecule has 0 aromatic heterocycles. The Hall–Kier alpha value is -0.890. The molecule has 16 heavy (non-hydrogen) atoms. The lowest BCUT2D eigenvalue weighted by Gasteiger charge is -2.09. The van der Waals surface area contributed by atoms with Crippen LogP contribution in [0.4, 0.5) is 0 Å². The van der Waals surface area contributed by atoms with Crippen molar-refractivity contribution in [3.05, 3.63) is 22.8 Å². The number of epoxide rings is 1. The van der Waals surface area contributed by atoms with Crippen molar-refractivity contribution in [2.24, 2.45) is 0 Å². The van der Waals surface area contributed by atoms with E-state index in [0.29, 0.717) is 18.6 Å². The van der Waals surface area contributed by atoms with Crippen LogP contribution in [0.15, 0.2) is 22.8 Å². The Morgan fingerprint density at radius 2 is 2.12 bits per heavy atom. The van der Waals surface area contributed by atoms with Gasteiger partial charge in [0.2, 0.25) is 0 Å². The molecule has 2 heteroatoms. The Morgan fingerprint density at radius 1 is 1.38 bits per heavy atom. The molecule has 0 aromatic rings. The molecule has 1 fully saturated rings. The SMILES string of the molecule is CC(C)=C1C[C@H]2O[C@H]2CC/C=C(\C)CC1=O. The summed E-state index contributed by atoms with van der Waals surface area (Å²) < 4.78 is 5.60. The minimum atomic E-state index is 0.282.